The molecule has 5 rings (SSSR count). The van der Waals surface area contributed by atoms with Gasteiger partial charge in [-0.15, -0.1) is 0 Å². The van der Waals surface area contributed by atoms with Crippen molar-refractivity contribution in [2.45, 2.75) is 18.3 Å². The molecule has 10 nitrogen and oxygen atoms in total. The molecular weight excluding hydrogens is 640 g/mol. The van der Waals surface area contributed by atoms with E-state index in [2.05, 4.69) is 0 Å². The molecule has 0 amide bonds. The van der Waals surface area contributed by atoms with Gasteiger partial charge in [0.1, 0.15) is 13.2 Å². The largest absolute Gasteiger partial charge is 0.458 e. The lowest BCUT2D eigenvalue weighted by molar-refractivity contribution is -0.112. The van der Waals surface area contributed by atoms with Crippen molar-refractivity contribution in [1.82, 2.24) is 0 Å². The van der Waals surface area contributed by atoms with Gasteiger partial charge in [-0.3, -0.25) is 0 Å². The van der Waals surface area contributed by atoms with Crippen LogP contribution in [-0.4, -0.2) is 61.4 Å². The molecular formula is C40H32O10. The fraction of sp³-hybridized carbons (Fsp3) is 0.125. The Hall–Kier alpha value is -6.55. The molecule has 0 aliphatic heterocycles. The zero-order chi connectivity index (χ0) is 35.1. The van der Waals surface area contributed by atoms with E-state index in [1.165, 1.54) is 60.7 Å². The van der Waals surface area contributed by atoms with Crippen LogP contribution in [0.1, 0.15) is 51.8 Å². The normalized spacial score (nSPS) is 11.8. The van der Waals surface area contributed by atoms with Crippen molar-refractivity contribution in [2.24, 2.45) is 0 Å². The Morgan fingerprint density at radius 3 is 0.860 bits per heavy atom. The van der Waals surface area contributed by atoms with Crippen LogP contribution in [0.25, 0.3) is 0 Å². The Balaban J connectivity index is 1.53. The van der Waals surface area contributed by atoms with Crippen LogP contribution in [0.5, 0.6) is 0 Å². The minimum atomic E-state index is -1.66. The zero-order valence-corrected chi connectivity index (χ0v) is 26.7. The molecule has 0 unspecified atom stereocenters. The second-order valence-corrected chi connectivity index (χ2v) is 10.8. The highest BCUT2D eigenvalue weighted by atomic mass is 16.6. The molecule has 10 heteroatoms. The summed E-state index contributed by atoms with van der Waals surface area (Å²) in [5.41, 5.74) is 0.840. The van der Waals surface area contributed by atoms with Gasteiger partial charge in [0.2, 0.25) is 0 Å². The highest BCUT2D eigenvalue weighted by Crippen LogP contribution is 2.21. The fourth-order valence-corrected chi connectivity index (χ4v) is 4.74. The lowest BCUT2D eigenvalue weighted by atomic mass is 10.1. The summed E-state index contributed by atoms with van der Waals surface area (Å²) < 4.78 is 28.8. The summed E-state index contributed by atoms with van der Waals surface area (Å²) in [5, 5.41) is 0. The molecule has 50 heavy (non-hydrogen) atoms. The van der Waals surface area contributed by atoms with Gasteiger partial charge in [-0.1, -0.05) is 91.0 Å². The zero-order valence-electron chi connectivity index (χ0n) is 26.7. The summed E-state index contributed by atoms with van der Waals surface area (Å²) in [6.45, 7) is -1.27. The molecule has 5 aromatic carbocycles. The molecule has 0 saturated carbocycles. The minimum absolute atomic E-state index is 0.126. The predicted molar refractivity (Wildman–Crippen MR) is 180 cm³/mol. The van der Waals surface area contributed by atoms with Gasteiger partial charge in [-0.25, -0.2) is 24.0 Å². The first-order valence-electron chi connectivity index (χ1n) is 15.6. The Labute approximate surface area is 288 Å². The number of carbonyl (C=O) groups excluding carboxylic acids is 5. The van der Waals surface area contributed by atoms with Crippen LogP contribution < -0.4 is 0 Å². The third-order valence-corrected chi connectivity index (χ3v) is 7.30. The van der Waals surface area contributed by atoms with Crippen molar-refractivity contribution in [3.8, 4) is 0 Å². The van der Waals surface area contributed by atoms with Gasteiger partial charge >= 0.3 is 29.8 Å². The van der Waals surface area contributed by atoms with Gasteiger partial charge in [0, 0.05) is 0 Å². The van der Waals surface area contributed by atoms with E-state index >= 15 is 0 Å². The Morgan fingerprint density at radius 2 is 0.580 bits per heavy atom. The lowest BCUT2D eigenvalue weighted by Crippen LogP contribution is -2.50. The number of carbonyl (C=O) groups is 5. The first kappa shape index (κ1) is 34.8. The Bertz CT molecular complexity index is 1750. The third kappa shape index (κ3) is 9.74. The number of esters is 5. The van der Waals surface area contributed by atoms with Crippen LogP contribution in [0.2, 0.25) is 0 Å². The van der Waals surface area contributed by atoms with Crippen molar-refractivity contribution in [3.05, 3.63) is 179 Å². The van der Waals surface area contributed by atoms with Gasteiger partial charge in [0.15, 0.2) is 18.3 Å². The SMILES string of the molecule is O=C(OC[C@@H](OC(=O)c1ccccc1)C(OC(=O)c1ccccc1)[C@@H](COC(=O)c1ccccc1)OC(=O)c1ccccc1)c1ccccc1. The molecule has 0 spiro atoms. The van der Waals surface area contributed by atoms with Crippen LogP contribution >= 0.6 is 0 Å². The second-order valence-electron chi connectivity index (χ2n) is 10.8. The summed E-state index contributed by atoms with van der Waals surface area (Å²) >= 11 is 0. The van der Waals surface area contributed by atoms with E-state index in [1.807, 2.05) is 0 Å². The maximum Gasteiger partial charge on any atom is 0.338 e. The fourth-order valence-electron chi connectivity index (χ4n) is 4.74. The number of ether oxygens (including phenoxy) is 5. The van der Waals surface area contributed by atoms with Gasteiger partial charge < -0.3 is 23.7 Å². The highest BCUT2D eigenvalue weighted by molar-refractivity contribution is 5.92. The quantitative estimate of drug-likeness (QED) is 0.0968. The second kappa shape index (κ2) is 17.6. The summed E-state index contributed by atoms with van der Waals surface area (Å²) in [5.74, 6) is -4.08. The molecule has 2 atom stereocenters. The molecule has 0 N–H and O–H groups in total. The molecule has 0 fully saturated rings. The average molecular weight is 673 g/mol. The molecule has 0 radical (unpaired) electrons. The monoisotopic (exact) mass is 672 g/mol. The molecule has 252 valence electrons. The first-order chi connectivity index (χ1) is 24.4. The van der Waals surface area contributed by atoms with Crippen LogP contribution in [0.3, 0.4) is 0 Å². The van der Waals surface area contributed by atoms with Crippen molar-refractivity contribution < 1.29 is 47.7 Å². The standard InChI is InChI=1S/C40H32O10/c41-36(28-16-6-1-7-17-28)46-26-33(48-38(43)30-20-10-3-11-21-30)35(50-40(45)32-24-14-5-15-25-32)34(49-39(44)31-22-12-4-13-23-31)27-47-37(42)29-18-8-2-9-19-29/h1-25,33-35H,26-27H2/t33-,34-/m1/s1. The van der Waals surface area contributed by atoms with Crippen molar-refractivity contribution in [2.75, 3.05) is 13.2 Å². The van der Waals surface area contributed by atoms with Crippen LogP contribution in [0, 0.1) is 0 Å². The average Bonchev–Trinajstić information content (AvgIpc) is 3.18. The van der Waals surface area contributed by atoms with Gasteiger partial charge in [0.05, 0.1) is 27.8 Å². The van der Waals surface area contributed by atoms with E-state index in [4.69, 9.17) is 23.7 Å². The van der Waals surface area contributed by atoms with E-state index in [0.717, 1.165) is 0 Å². The Morgan fingerprint density at radius 1 is 0.340 bits per heavy atom. The van der Waals surface area contributed by atoms with Crippen molar-refractivity contribution >= 4 is 29.8 Å². The molecule has 5 aromatic rings. The van der Waals surface area contributed by atoms with Crippen molar-refractivity contribution in [3.63, 3.8) is 0 Å². The van der Waals surface area contributed by atoms with E-state index in [1.54, 1.807) is 91.0 Å². The van der Waals surface area contributed by atoms with Crippen LogP contribution in [-0.2, 0) is 23.7 Å². The third-order valence-electron chi connectivity index (χ3n) is 7.30. The van der Waals surface area contributed by atoms with Gasteiger partial charge in [-0.2, -0.15) is 0 Å². The maximum absolute atomic E-state index is 13.6. The molecule has 0 aliphatic rings. The molecule has 0 bridgehead atoms. The smallest absolute Gasteiger partial charge is 0.338 e. The van der Waals surface area contributed by atoms with E-state index in [0.29, 0.717) is 0 Å². The summed E-state index contributed by atoms with van der Waals surface area (Å²) in [4.78, 5) is 66.6. The number of benzene rings is 5. The van der Waals surface area contributed by atoms with Crippen LogP contribution in [0.15, 0.2) is 152 Å². The minimum Gasteiger partial charge on any atom is -0.458 e. The Kier molecular flexibility index (Phi) is 12.2. The topological polar surface area (TPSA) is 132 Å². The van der Waals surface area contributed by atoms with Gasteiger partial charge in [0.25, 0.3) is 0 Å². The van der Waals surface area contributed by atoms with E-state index < -0.39 is 61.4 Å². The number of rotatable bonds is 14. The van der Waals surface area contributed by atoms with E-state index in [9.17, 15) is 24.0 Å². The molecule has 0 aliphatic carbocycles. The summed E-state index contributed by atoms with van der Waals surface area (Å²) in [6.07, 6.45) is -4.78. The van der Waals surface area contributed by atoms with E-state index in [-0.39, 0.29) is 27.8 Å². The summed E-state index contributed by atoms with van der Waals surface area (Å²) in [6, 6.07) is 40.1. The van der Waals surface area contributed by atoms with Gasteiger partial charge in [-0.05, 0) is 60.7 Å². The molecule has 0 heterocycles. The molecule has 0 aromatic heterocycles. The maximum atomic E-state index is 13.6. The number of hydrogen-bond donors (Lipinski definition) is 0. The summed E-state index contributed by atoms with van der Waals surface area (Å²) in [7, 11) is 0. The van der Waals surface area contributed by atoms with Crippen LogP contribution in [0.4, 0.5) is 0 Å². The number of hydrogen-bond acceptors (Lipinski definition) is 10. The predicted octanol–water partition coefficient (Wildman–Crippen LogP) is 6.38. The lowest BCUT2D eigenvalue weighted by Gasteiger charge is -2.32. The highest BCUT2D eigenvalue weighted by Gasteiger charge is 2.41. The molecule has 0 saturated heterocycles. The first-order valence-corrected chi connectivity index (χ1v) is 15.6. The van der Waals surface area contributed by atoms with Crippen molar-refractivity contribution in [1.29, 1.82) is 0 Å².